The van der Waals surface area contributed by atoms with E-state index in [1.807, 2.05) is 30.3 Å². The molecule has 0 aromatic heterocycles. The van der Waals surface area contributed by atoms with Gasteiger partial charge in [0, 0.05) is 19.3 Å². The van der Waals surface area contributed by atoms with Gasteiger partial charge in [-0.15, -0.1) is 0 Å². The van der Waals surface area contributed by atoms with Crippen LogP contribution in [0.5, 0.6) is 0 Å². The summed E-state index contributed by atoms with van der Waals surface area (Å²) in [5.41, 5.74) is 1.06. The van der Waals surface area contributed by atoms with Crippen LogP contribution in [0.25, 0.3) is 0 Å². The van der Waals surface area contributed by atoms with E-state index in [0.717, 1.165) is 5.56 Å². The highest BCUT2D eigenvalue weighted by molar-refractivity contribution is 7.90. The highest BCUT2D eigenvalue weighted by Crippen LogP contribution is 2.01. The second-order valence-electron chi connectivity index (χ2n) is 5.05. The van der Waals surface area contributed by atoms with Crippen LogP contribution in [0.1, 0.15) is 5.56 Å². The molecule has 1 aromatic carbocycles. The highest BCUT2D eigenvalue weighted by Gasteiger charge is 2.10. The lowest BCUT2D eigenvalue weighted by molar-refractivity contribution is 0.0145. The molecule has 1 aromatic rings. The van der Waals surface area contributed by atoms with Gasteiger partial charge in [-0.2, -0.15) is 0 Å². The molecule has 0 amide bonds. The molecule has 0 heterocycles. The molecule has 0 radical (unpaired) electrons. The van der Waals surface area contributed by atoms with Crippen LogP contribution in [-0.4, -0.2) is 63.3 Å². The van der Waals surface area contributed by atoms with E-state index in [-0.39, 0.29) is 12.4 Å². The van der Waals surface area contributed by atoms with Crippen LogP contribution in [0.2, 0.25) is 0 Å². The molecule has 0 saturated heterocycles. The van der Waals surface area contributed by atoms with E-state index in [1.165, 1.54) is 6.26 Å². The SMILES string of the molecule is CN(CCS(C)(=O)=O)CC(O)COCc1ccccc1. The Hall–Kier alpha value is -0.950. The van der Waals surface area contributed by atoms with Gasteiger partial charge in [0.1, 0.15) is 9.84 Å². The molecule has 0 fully saturated rings. The quantitative estimate of drug-likeness (QED) is 0.721. The van der Waals surface area contributed by atoms with Crippen molar-refractivity contribution in [3.63, 3.8) is 0 Å². The Kier molecular flexibility index (Phi) is 7.15. The van der Waals surface area contributed by atoms with E-state index in [1.54, 1.807) is 11.9 Å². The van der Waals surface area contributed by atoms with E-state index >= 15 is 0 Å². The van der Waals surface area contributed by atoms with E-state index in [9.17, 15) is 13.5 Å². The van der Waals surface area contributed by atoms with Crippen molar-refractivity contribution in [1.82, 2.24) is 4.90 Å². The van der Waals surface area contributed by atoms with Gasteiger partial charge >= 0.3 is 0 Å². The molecule has 0 aliphatic carbocycles. The van der Waals surface area contributed by atoms with Crippen molar-refractivity contribution in [2.45, 2.75) is 12.7 Å². The zero-order chi connectivity index (χ0) is 15.0. The Bertz CT molecular complexity index is 475. The van der Waals surface area contributed by atoms with Gasteiger partial charge in [-0.1, -0.05) is 30.3 Å². The van der Waals surface area contributed by atoms with Crippen LogP contribution in [0.4, 0.5) is 0 Å². The van der Waals surface area contributed by atoms with Gasteiger partial charge in [-0.25, -0.2) is 8.42 Å². The number of nitrogens with zero attached hydrogens (tertiary/aromatic N) is 1. The minimum Gasteiger partial charge on any atom is -0.389 e. The first-order chi connectivity index (χ1) is 9.37. The Balaban J connectivity index is 2.18. The average molecular weight is 301 g/mol. The number of aliphatic hydroxyl groups is 1. The first-order valence-corrected chi connectivity index (χ1v) is 8.59. The Morgan fingerprint density at radius 1 is 1.30 bits per heavy atom. The highest BCUT2D eigenvalue weighted by atomic mass is 32.2. The number of rotatable bonds is 9. The van der Waals surface area contributed by atoms with Crippen molar-refractivity contribution >= 4 is 9.84 Å². The minimum atomic E-state index is -2.96. The summed E-state index contributed by atoms with van der Waals surface area (Å²) >= 11 is 0. The lowest BCUT2D eigenvalue weighted by Crippen LogP contribution is -2.35. The Morgan fingerprint density at radius 3 is 2.55 bits per heavy atom. The summed E-state index contributed by atoms with van der Waals surface area (Å²) in [6, 6.07) is 9.74. The van der Waals surface area contributed by atoms with Gasteiger partial charge in [0.05, 0.1) is 25.1 Å². The predicted octanol–water partition coefficient (Wildman–Crippen LogP) is 0.541. The van der Waals surface area contributed by atoms with Crippen molar-refractivity contribution in [2.24, 2.45) is 0 Å². The van der Waals surface area contributed by atoms with Crippen LogP contribution in [0.3, 0.4) is 0 Å². The van der Waals surface area contributed by atoms with Crippen molar-refractivity contribution in [1.29, 1.82) is 0 Å². The molecule has 1 atom stereocenters. The minimum absolute atomic E-state index is 0.0983. The van der Waals surface area contributed by atoms with Gasteiger partial charge in [0.2, 0.25) is 0 Å². The maximum atomic E-state index is 11.0. The maximum Gasteiger partial charge on any atom is 0.148 e. The Labute approximate surface area is 121 Å². The van der Waals surface area contributed by atoms with Crippen molar-refractivity contribution in [2.75, 3.05) is 38.8 Å². The molecule has 1 rings (SSSR count). The fraction of sp³-hybridized carbons (Fsp3) is 0.571. The molecular formula is C14H23NO4S. The van der Waals surface area contributed by atoms with E-state index in [0.29, 0.717) is 19.7 Å². The molecule has 6 heteroatoms. The predicted molar refractivity (Wildman–Crippen MR) is 79.3 cm³/mol. The lowest BCUT2D eigenvalue weighted by Gasteiger charge is -2.20. The molecule has 0 spiro atoms. The second-order valence-corrected chi connectivity index (χ2v) is 7.31. The van der Waals surface area contributed by atoms with Crippen molar-refractivity contribution in [3.05, 3.63) is 35.9 Å². The standard InChI is InChI=1S/C14H23NO4S/c1-15(8-9-20(2,17)18)10-14(16)12-19-11-13-6-4-3-5-7-13/h3-7,14,16H,8-12H2,1-2H3. The van der Waals surface area contributed by atoms with Crippen molar-refractivity contribution < 1.29 is 18.3 Å². The third-order valence-corrected chi connectivity index (χ3v) is 3.71. The van der Waals surface area contributed by atoms with Gasteiger partial charge in [-0.05, 0) is 12.6 Å². The van der Waals surface area contributed by atoms with E-state index in [2.05, 4.69) is 0 Å². The maximum absolute atomic E-state index is 11.0. The summed E-state index contributed by atoms with van der Waals surface area (Å²) < 4.78 is 27.5. The van der Waals surface area contributed by atoms with E-state index in [4.69, 9.17) is 4.74 Å². The van der Waals surface area contributed by atoms with Crippen molar-refractivity contribution in [3.8, 4) is 0 Å². The number of benzene rings is 1. The number of likely N-dealkylation sites (N-methyl/N-ethyl adjacent to an activating group) is 1. The molecule has 1 unspecified atom stereocenters. The normalized spacial score (nSPS) is 13.6. The molecule has 0 aliphatic rings. The summed E-state index contributed by atoms with van der Waals surface area (Å²) in [4.78, 5) is 1.79. The topological polar surface area (TPSA) is 66.8 Å². The van der Waals surface area contributed by atoms with Crippen LogP contribution in [0.15, 0.2) is 30.3 Å². The largest absolute Gasteiger partial charge is 0.389 e. The number of sulfone groups is 1. The van der Waals surface area contributed by atoms with E-state index < -0.39 is 15.9 Å². The van der Waals surface area contributed by atoms with Crippen LogP contribution < -0.4 is 0 Å². The zero-order valence-electron chi connectivity index (χ0n) is 12.0. The molecule has 0 saturated carbocycles. The average Bonchev–Trinajstić information content (AvgIpc) is 2.37. The van der Waals surface area contributed by atoms with Gasteiger partial charge < -0.3 is 14.7 Å². The Morgan fingerprint density at radius 2 is 1.95 bits per heavy atom. The van der Waals surface area contributed by atoms with Gasteiger partial charge in [0.15, 0.2) is 0 Å². The van der Waals surface area contributed by atoms with Crippen LogP contribution in [-0.2, 0) is 21.2 Å². The summed E-state index contributed by atoms with van der Waals surface area (Å²) in [7, 11) is -1.18. The summed E-state index contributed by atoms with van der Waals surface area (Å²) in [5.74, 6) is 0.0983. The number of aliphatic hydroxyl groups excluding tert-OH is 1. The zero-order valence-corrected chi connectivity index (χ0v) is 12.8. The monoisotopic (exact) mass is 301 g/mol. The second kappa shape index (κ2) is 8.36. The fourth-order valence-electron chi connectivity index (χ4n) is 1.71. The van der Waals surface area contributed by atoms with Crippen LogP contribution >= 0.6 is 0 Å². The first-order valence-electron chi connectivity index (χ1n) is 6.53. The lowest BCUT2D eigenvalue weighted by atomic mass is 10.2. The molecule has 0 aliphatic heterocycles. The number of hydrogen-bond acceptors (Lipinski definition) is 5. The van der Waals surface area contributed by atoms with Crippen LogP contribution in [0, 0.1) is 0 Å². The van der Waals surface area contributed by atoms with Gasteiger partial charge in [0.25, 0.3) is 0 Å². The molecule has 1 N–H and O–H groups in total. The number of hydrogen-bond donors (Lipinski definition) is 1. The first kappa shape index (κ1) is 17.1. The third-order valence-electron chi connectivity index (χ3n) is 2.79. The molecular weight excluding hydrogens is 278 g/mol. The summed E-state index contributed by atoms with van der Waals surface area (Å²) in [6.45, 7) is 1.50. The molecule has 20 heavy (non-hydrogen) atoms. The number of ether oxygens (including phenoxy) is 1. The smallest absolute Gasteiger partial charge is 0.148 e. The van der Waals surface area contributed by atoms with Gasteiger partial charge in [-0.3, -0.25) is 0 Å². The summed E-state index contributed by atoms with van der Waals surface area (Å²) in [5, 5.41) is 9.81. The summed E-state index contributed by atoms with van der Waals surface area (Å²) in [6.07, 6.45) is 0.587. The molecule has 0 bridgehead atoms. The molecule has 5 nitrogen and oxygen atoms in total. The fourth-order valence-corrected chi connectivity index (χ4v) is 2.36. The molecule has 114 valence electrons. The third kappa shape index (κ3) is 8.27.